The quantitative estimate of drug-likeness (QED) is 0.911. The van der Waals surface area contributed by atoms with Crippen molar-refractivity contribution in [3.8, 4) is 0 Å². The van der Waals surface area contributed by atoms with E-state index in [2.05, 4.69) is 26.2 Å². The number of amides is 1. The molecule has 6 heteroatoms. The molecule has 1 aromatic heterocycles. The van der Waals surface area contributed by atoms with Crippen molar-refractivity contribution in [3.63, 3.8) is 0 Å². The minimum atomic E-state index is -1.19. The molecule has 0 aliphatic heterocycles. The molecule has 0 aliphatic carbocycles. The average Bonchev–Trinajstić information content (AvgIpc) is 2.39. The fraction of sp³-hybridized carbons (Fsp3) is 0. The molecule has 0 bridgehead atoms. The number of pyridine rings is 1. The van der Waals surface area contributed by atoms with Crippen molar-refractivity contribution in [2.24, 2.45) is 0 Å². The van der Waals surface area contributed by atoms with Crippen molar-refractivity contribution in [1.29, 1.82) is 0 Å². The Bertz CT molecular complexity index is 643. The van der Waals surface area contributed by atoms with Gasteiger partial charge in [-0.1, -0.05) is 22.0 Å². The number of aromatic nitrogens is 1. The highest BCUT2D eigenvalue weighted by Crippen LogP contribution is 2.16. The maximum Gasteiger partial charge on any atom is 0.356 e. The van der Waals surface area contributed by atoms with Gasteiger partial charge in [-0.2, -0.15) is 0 Å². The van der Waals surface area contributed by atoms with Gasteiger partial charge in [0.05, 0.1) is 5.69 Å². The van der Waals surface area contributed by atoms with E-state index < -0.39 is 11.9 Å². The second kappa shape index (κ2) is 5.62. The third kappa shape index (κ3) is 3.17. The number of halogens is 1. The van der Waals surface area contributed by atoms with Gasteiger partial charge in [0.2, 0.25) is 0 Å². The summed E-state index contributed by atoms with van der Waals surface area (Å²) in [6.07, 6.45) is 1.36. The molecule has 1 amide bonds. The van der Waals surface area contributed by atoms with E-state index in [1.165, 1.54) is 12.3 Å². The highest BCUT2D eigenvalue weighted by molar-refractivity contribution is 9.10. The molecule has 2 aromatic rings. The number of carbonyl (C=O) groups excluding carboxylic acids is 1. The molecule has 96 valence electrons. The Hall–Kier alpha value is -2.21. The molecule has 0 aliphatic rings. The standard InChI is InChI=1S/C13H9BrN2O3/c14-9-4-1-3-8(7-9)12(17)16-10-5-2-6-15-11(10)13(18)19/h1-7H,(H,16,17)(H,18,19). The SMILES string of the molecule is O=C(Nc1cccnc1C(=O)O)c1cccc(Br)c1. The Balaban J connectivity index is 2.27. The van der Waals surface area contributed by atoms with E-state index >= 15 is 0 Å². The van der Waals surface area contributed by atoms with E-state index in [4.69, 9.17) is 5.11 Å². The lowest BCUT2D eigenvalue weighted by atomic mass is 10.2. The third-order valence-corrected chi connectivity index (χ3v) is 2.84. The van der Waals surface area contributed by atoms with E-state index in [1.807, 2.05) is 0 Å². The largest absolute Gasteiger partial charge is 0.476 e. The Morgan fingerprint density at radius 1 is 1.21 bits per heavy atom. The summed E-state index contributed by atoms with van der Waals surface area (Å²) in [5.74, 6) is -1.58. The summed E-state index contributed by atoms with van der Waals surface area (Å²) in [5.41, 5.74) is 0.403. The number of rotatable bonds is 3. The van der Waals surface area contributed by atoms with Crippen LogP contribution in [-0.2, 0) is 0 Å². The molecule has 0 atom stereocenters. The highest BCUT2D eigenvalue weighted by atomic mass is 79.9. The van der Waals surface area contributed by atoms with Gasteiger partial charge in [-0.05, 0) is 30.3 Å². The molecule has 5 nitrogen and oxygen atoms in total. The van der Waals surface area contributed by atoms with Crippen LogP contribution in [0.15, 0.2) is 47.1 Å². The number of hydrogen-bond acceptors (Lipinski definition) is 3. The van der Waals surface area contributed by atoms with Gasteiger partial charge in [0.25, 0.3) is 5.91 Å². The van der Waals surface area contributed by atoms with Gasteiger partial charge in [0, 0.05) is 16.2 Å². The predicted molar refractivity (Wildman–Crippen MR) is 73.3 cm³/mol. The minimum Gasteiger partial charge on any atom is -0.476 e. The summed E-state index contributed by atoms with van der Waals surface area (Å²) in [6, 6.07) is 9.85. The Morgan fingerprint density at radius 2 is 2.00 bits per heavy atom. The summed E-state index contributed by atoms with van der Waals surface area (Å²) in [5, 5.41) is 11.5. The predicted octanol–water partition coefficient (Wildman–Crippen LogP) is 2.79. The lowest BCUT2D eigenvalue weighted by Gasteiger charge is -2.07. The van der Waals surface area contributed by atoms with Crippen molar-refractivity contribution in [1.82, 2.24) is 4.98 Å². The fourth-order valence-corrected chi connectivity index (χ4v) is 1.90. The van der Waals surface area contributed by atoms with E-state index in [0.29, 0.717) is 5.56 Å². The lowest BCUT2D eigenvalue weighted by Crippen LogP contribution is -2.15. The van der Waals surface area contributed by atoms with E-state index in [1.54, 1.807) is 30.3 Å². The molecule has 1 aromatic carbocycles. The van der Waals surface area contributed by atoms with Crippen molar-refractivity contribution >= 4 is 33.5 Å². The number of aromatic carboxylic acids is 1. The van der Waals surface area contributed by atoms with Crippen molar-refractivity contribution in [2.45, 2.75) is 0 Å². The summed E-state index contributed by atoms with van der Waals surface area (Å²) in [7, 11) is 0. The molecule has 0 saturated carbocycles. The normalized spacial score (nSPS) is 9.95. The zero-order chi connectivity index (χ0) is 13.8. The van der Waals surface area contributed by atoms with Crippen LogP contribution in [0.2, 0.25) is 0 Å². The molecule has 1 heterocycles. The van der Waals surface area contributed by atoms with Crippen LogP contribution in [0, 0.1) is 0 Å². The van der Waals surface area contributed by atoms with Crippen LogP contribution in [0.1, 0.15) is 20.8 Å². The number of nitrogens with one attached hydrogen (secondary N) is 1. The van der Waals surface area contributed by atoms with Crippen molar-refractivity contribution < 1.29 is 14.7 Å². The molecule has 19 heavy (non-hydrogen) atoms. The molecule has 0 unspecified atom stereocenters. The molecular weight excluding hydrogens is 312 g/mol. The number of carbonyl (C=O) groups is 2. The van der Waals surface area contributed by atoms with E-state index in [0.717, 1.165) is 4.47 Å². The third-order valence-electron chi connectivity index (χ3n) is 2.35. The van der Waals surface area contributed by atoms with Crippen LogP contribution < -0.4 is 5.32 Å². The molecule has 0 fully saturated rings. The first-order chi connectivity index (χ1) is 9.08. The maximum atomic E-state index is 12.0. The zero-order valence-corrected chi connectivity index (χ0v) is 11.2. The number of anilines is 1. The van der Waals surface area contributed by atoms with Gasteiger partial charge in [-0.25, -0.2) is 9.78 Å². The highest BCUT2D eigenvalue weighted by Gasteiger charge is 2.14. The van der Waals surface area contributed by atoms with Gasteiger partial charge < -0.3 is 10.4 Å². The summed E-state index contributed by atoms with van der Waals surface area (Å²) >= 11 is 3.27. The summed E-state index contributed by atoms with van der Waals surface area (Å²) < 4.78 is 0.768. The van der Waals surface area contributed by atoms with E-state index in [-0.39, 0.29) is 11.4 Å². The molecule has 0 radical (unpaired) electrons. The van der Waals surface area contributed by atoms with Gasteiger partial charge in [-0.15, -0.1) is 0 Å². The number of benzene rings is 1. The Kier molecular flexibility index (Phi) is 3.91. The molecule has 2 rings (SSSR count). The first kappa shape index (κ1) is 13.2. The fourth-order valence-electron chi connectivity index (χ4n) is 1.50. The molecule has 0 saturated heterocycles. The van der Waals surface area contributed by atoms with Crippen molar-refractivity contribution in [3.05, 3.63) is 58.3 Å². The van der Waals surface area contributed by atoms with Gasteiger partial charge in [-0.3, -0.25) is 4.79 Å². The zero-order valence-electron chi connectivity index (χ0n) is 9.63. The smallest absolute Gasteiger partial charge is 0.356 e. The van der Waals surface area contributed by atoms with Gasteiger partial charge in [0.1, 0.15) is 0 Å². The molecule has 2 N–H and O–H groups in total. The second-order valence-corrected chi connectivity index (χ2v) is 4.58. The van der Waals surface area contributed by atoms with Gasteiger partial charge in [0.15, 0.2) is 5.69 Å². The van der Waals surface area contributed by atoms with Crippen LogP contribution >= 0.6 is 15.9 Å². The van der Waals surface area contributed by atoms with Crippen LogP contribution in [0.5, 0.6) is 0 Å². The number of hydrogen-bond donors (Lipinski definition) is 2. The van der Waals surface area contributed by atoms with Crippen LogP contribution in [0.3, 0.4) is 0 Å². The molecular formula is C13H9BrN2O3. The monoisotopic (exact) mass is 320 g/mol. The van der Waals surface area contributed by atoms with Gasteiger partial charge >= 0.3 is 5.97 Å². The number of carboxylic acid groups (broad SMARTS) is 1. The first-order valence-corrected chi connectivity index (χ1v) is 6.12. The topological polar surface area (TPSA) is 79.3 Å². The summed E-state index contributed by atoms with van der Waals surface area (Å²) in [6.45, 7) is 0. The van der Waals surface area contributed by atoms with Crippen molar-refractivity contribution in [2.75, 3.05) is 5.32 Å². The Labute approximate surface area is 117 Å². The van der Waals surface area contributed by atoms with Crippen LogP contribution in [0.4, 0.5) is 5.69 Å². The summed E-state index contributed by atoms with van der Waals surface area (Å²) in [4.78, 5) is 26.7. The lowest BCUT2D eigenvalue weighted by molar-refractivity contribution is 0.0692. The van der Waals surface area contributed by atoms with E-state index in [9.17, 15) is 9.59 Å². The maximum absolute atomic E-state index is 12.0. The molecule has 0 spiro atoms. The average molecular weight is 321 g/mol. The Morgan fingerprint density at radius 3 is 2.68 bits per heavy atom. The van der Waals surface area contributed by atoms with Crippen LogP contribution in [-0.4, -0.2) is 22.0 Å². The minimum absolute atomic E-state index is 0.167. The van der Waals surface area contributed by atoms with Crippen LogP contribution in [0.25, 0.3) is 0 Å². The first-order valence-electron chi connectivity index (χ1n) is 5.33. The number of carboxylic acids is 1. The second-order valence-electron chi connectivity index (χ2n) is 3.67. The number of nitrogens with zero attached hydrogens (tertiary/aromatic N) is 1.